The number of nitrogens with one attached hydrogen (secondary N) is 1. The van der Waals surface area contributed by atoms with Crippen LogP contribution in [0.25, 0.3) is 11.0 Å². The molecule has 2 aromatic heterocycles. The molecule has 1 atom stereocenters. The predicted octanol–water partition coefficient (Wildman–Crippen LogP) is 5.35. The fourth-order valence-electron chi connectivity index (χ4n) is 7.34. The molecule has 3 aliphatic heterocycles. The van der Waals surface area contributed by atoms with E-state index in [1.54, 1.807) is 29.7 Å². The molecule has 3 saturated heterocycles. The van der Waals surface area contributed by atoms with Crippen molar-refractivity contribution in [2.45, 2.75) is 88.5 Å². The van der Waals surface area contributed by atoms with Crippen molar-refractivity contribution in [2.75, 3.05) is 43.1 Å². The van der Waals surface area contributed by atoms with Crippen LogP contribution in [0.4, 0.5) is 19.4 Å². The van der Waals surface area contributed by atoms with Gasteiger partial charge in [0.15, 0.2) is 6.29 Å². The minimum Gasteiger partial charge on any atom is -0.465 e. The number of likely N-dealkylation sites (tertiary alicyclic amines) is 1. The summed E-state index contributed by atoms with van der Waals surface area (Å²) in [7, 11) is -3.34. The quantitative estimate of drug-likeness (QED) is 0.204. The second kappa shape index (κ2) is 15.4. The van der Waals surface area contributed by atoms with Crippen molar-refractivity contribution in [1.29, 1.82) is 5.26 Å². The Kier molecular flexibility index (Phi) is 11.1. The van der Waals surface area contributed by atoms with E-state index in [0.717, 1.165) is 30.6 Å². The number of amides is 1. The van der Waals surface area contributed by atoms with Crippen LogP contribution in [0.2, 0.25) is 0 Å². The van der Waals surface area contributed by atoms with Gasteiger partial charge in [-0.3, -0.25) is 9.36 Å². The lowest BCUT2D eigenvalue weighted by Gasteiger charge is -2.38. The van der Waals surface area contributed by atoms with Crippen LogP contribution in [-0.2, 0) is 37.2 Å². The van der Waals surface area contributed by atoms with Gasteiger partial charge >= 0.3 is 6.09 Å². The molecule has 3 aromatic rings. The zero-order chi connectivity index (χ0) is 37.1. The van der Waals surface area contributed by atoms with Gasteiger partial charge in [-0.25, -0.2) is 32.0 Å². The zero-order valence-electron chi connectivity index (χ0n) is 29.1. The van der Waals surface area contributed by atoms with E-state index < -0.39 is 51.2 Å². The highest BCUT2D eigenvalue weighted by molar-refractivity contribution is 7.91. The lowest BCUT2D eigenvalue weighted by Crippen LogP contribution is -2.50. The number of pyridine rings is 1. The van der Waals surface area contributed by atoms with Crippen LogP contribution in [0, 0.1) is 17.2 Å². The first-order valence-corrected chi connectivity index (χ1v) is 19.6. The number of hydrogen-bond donors (Lipinski definition) is 2. The topological polar surface area (TPSA) is 177 Å². The monoisotopic (exact) mass is 742 g/mol. The summed E-state index contributed by atoms with van der Waals surface area (Å²) in [5, 5.41) is 23.3. The maximum atomic E-state index is 15.4. The summed E-state index contributed by atoms with van der Waals surface area (Å²) in [5.41, 5.74) is -0.802. The van der Waals surface area contributed by atoms with Gasteiger partial charge in [-0.1, -0.05) is 31.0 Å². The molecule has 0 spiro atoms. The third-order valence-electron chi connectivity index (χ3n) is 10.5. The molecule has 3 aliphatic rings. The maximum Gasteiger partial charge on any atom is 0.407 e. The number of halogens is 2. The number of aryl methyl sites for hydroxylation is 1. The molecule has 1 unspecified atom stereocenters. The number of anilines is 1. The van der Waals surface area contributed by atoms with Crippen LogP contribution in [-0.4, -0.2) is 83.2 Å². The average molecular weight is 743 g/mol. The number of sulfone groups is 1. The number of carbonyl (C=O) groups is 1. The number of aromatic nitrogens is 3. The smallest absolute Gasteiger partial charge is 0.407 e. The van der Waals surface area contributed by atoms with E-state index in [0.29, 0.717) is 48.6 Å². The summed E-state index contributed by atoms with van der Waals surface area (Å²) in [5.74, 6) is -3.69. The lowest BCUT2D eigenvalue weighted by molar-refractivity contribution is -0.0528. The van der Waals surface area contributed by atoms with Crippen LogP contribution < -0.4 is 10.9 Å². The first-order valence-electron chi connectivity index (χ1n) is 17.8. The summed E-state index contributed by atoms with van der Waals surface area (Å²) in [6.07, 6.45) is 3.60. The molecule has 280 valence electrons. The van der Waals surface area contributed by atoms with E-state index >= 15 is 8.78 Å². The van der Waals surface area contributed by atoms with Gasteiger partial charge in [0.25, 0.3) is 11.5 Å². The first-order chi connectivity index (χ1) is 24.8. The Balaban J connectivity index is 1.26. The molecular formula is C36H44F2N6O7S. The van der Waals surface area contributed by atoms with Gasteiger partial charge in [-0.05, 0) is 56.7 Å². The molecule has 0 saturated carbocycles. The van der Waals surface area contributed by atoms with E-state index in [2.05, 4.69) is 21.4 Å². The van der Waals surface area contributed by atoms with Crippen molar-refractivity contribution in [1.82, 2.24) is 19.4 Å². The van der Waals surface area contributed by atoms with Crippen molar-refractivity contribution >= 4 is 32.8 Å². The summed E-state index contributed by atoms with van der Waals surface area (Å²) in [4.78, 5) is 35.3. The summed E-state index contributed by atoms with van der Waals surface area (Å²) < 4.78 is 68.0. The fourth-order valence-corrected chi connectivity index (χ4v) is 8.87. The average Bonchev–Trinajstić information content (AvgIpc) is 3.62. The van der Waals surface area contributed by atoms with Crippen LogP contribution in [0.5, 0.6) is 0 Å². The number of ether oxygens (including phenoxy) is 2. The maximum absolute atomic E-state index is 15.4. The van der Waals surface area contributed by atoms with Gasteiger partial charge < -0.3 is 24.8 Å². The summed E-state index contributed by atoms with van der Waals surface area (Å²) in [6.45, 7) is 3.46. The third kappa shape index (κ3) is 8.21. The number of hydrogen-bond acceptors (Lipinski definition) is 10. The van der Waals surface area contributed by atoms with Gasteiger partial charge in [0.1, 0.15) is 27.6 Å². The van der Waals surface area contributed by atoms with Crippen molar-refractivity contribution in [2.24, 2.45) is 5.92 Å². The molecule has 1 aromatic carbocycles. The lowest BCUT2D eigenvalue weighted by atomic mass is 9.77. The van der Waals surface area contributed by atoms with Crippen molar-refractivity contribution in [3.05, 3.63) is 63.7 Å². The van der Waals surface area contributed by atoms with Crippen LogP contribution in [0.1, 0.15) is 81.0 Å². The number of fused-ring (bicyclic) bond motifs is 1. The fraction of sp³-hybridized carbons (Fsp3) is 0.583. The highest BCUT2D eigenvalue weighted by atomic mass is 32.2. The molecule has 16 heteroatoms. The van der Waals surface area contributed by atoms with Crippen molar-refractivity contribution in [3.63, 3.8) is 0 Å². The molecule has 3 fully saturated rings. The molecule has 2 N–H and O–H groups in total. The Bertz CT molecular complexity index is 1980. The predicted molar refractivity (Wildman–Crippen MR) is 188 cm³/mol. The van der Waals surface area contributed by atoms with Crippen molar-refractivity contribution < 1.29 is 36.6 Å². The Morgan fingerprint density at radius 3 is 2.54 bits per heavy atom. The van der Waals surface area contributed by atoms with Crippen molar-refractivity contribution in [3.8, 4) is 6.07 Å². The Hall–Kier alpha value is -4.20. The number of unbranched alkanes of at least 4 members (excludes halogenated alkanes) is 3. The molecule has 0 bridgehead atoms. The number of alkyl halides is 2. The van der Waals surface area contributed by atoms with Gasteiger partial charge in [0.05, 0.1) is 41.6 Å². The highest BCUT2D eigenvalue weighted by Crippen LogP contribution is 2.39. The molecule has 6 rings (SSSR count). The number of nitrogens with zero attached hydrogens (tertiary/aromatic N) is 5. The van der Waals surface area contributed by atoms with E-state index in [-0.39, 0.29) is 54.9 Å². The van der Waals surface area contributed by atoms with E-state index in [1.807, 2.05) is 0 Å². The molecule has 52 heavy (non-hydrogen) atoms. The van der Waals surface area contributed by atoms with Crippen LogP contribution in [0.15, 0.2) is 41.5 Å². The molecule has 0 aliphatic carbocycles. The van der Waals surface area contributed by atoms with E-state index in [1.165, 1.54) is 18.5 Å². The highest BCUT2D eigenvalue weighted by Gasteiger charge is 2.43. The molecule has 13 nitrogen and oxygen atoms in total. The van der Waals surface area contributed by atoms with Crippen LogP contribution >= 0.6 is 0 Å². The Morgan fingerprint density at radius 2 is 1.85 bits per heavy atom. The molecule has 1 amide bonds. The normalized spacial score (nSPS) is 19.6. The third-order valence-corrected chi connectivity index (χ3v) is 12.1. The number of benzene rings is 1. The Labute approximate surface area is 300 Å². The SMILES string of the molecule is CC(Nc1ncnc2c1cc(C1(C#N)CCS(=O)(=O)CC1)c(=O)n2CCCCCCC1OCCO1)c1cccc(C(F)(F)CC2CN(C(=O)O)C2)c1. The Morgan fingerprint density at radius 1 is 1.13 bits per heavy atom. The number of rotatable bonds is 14. The second-order valence-corrected chi connectivity index (χ2v) is 16.5. The number of carboxylic acid groups (broad SMARTS) is 1. The summed E-state index contributed by atoms with van der Waals surface area (Å²) >= 11 is 0. The largest absolute Gasteiger partial charge is 0.465 e. The standard InChI is InChI=1S/C36H44F2N6O7S/c1-24(26-7-6-8-27(17-26)36(37,38)19-25-20-43(21-25)34(46)47)42-31-28-18-29(35(22-39)10-15-52(48,49)16-11-35)33(45)44(32(28)41-23-40-31)12-5-3-2-4-9-30-50-13-14-51-30/h6-8,17-18,23-25,30H,2-5,9-16,19-21H2,1H3,(H,46,47)(H,40,41,42). The molecular weight excluding hydrogens is 698 g/mol. The zero-order valence-corrected chi connectivity index (χ0v) is 29.9. The van der Waals surface area contributed by atoms with E-state index in [4.69, 9.17) is 14.6 Å². The molecule has 0 radical (unpaired) electrons. The van der Waals surface area contributed by atoms with Gasteiger partial charge in [-0.15, -0.1) is 0 Å². The van der Waals surface area contributed by atoms with Gasteiger partial charge in [-0.2, -0.15) is 5.26 Å². The minimum atomic E-state index is -3.34. The molecule has 5 heterocycles. The summed E-state index contributed by atoms with van der Waals surface area (Å²) in [6, 6.07) is 9.40. The van der Waals surface area contributed by atoms with Gasteiger partial charge in [0.2, 0.25) is 0 Å². The number of nitriles is 1. The van der Waals surface area contributed by atoms with Gasteiger partial charge in [0, 0.05) is 49.1 Å². The minimum absolute atomic E-state index is 0.0130. The second-order valence-electron chi connectivity index (χ2n) is 14.1. The van der Waals surface area contributed by atoms with Crippen LogP contribution in [0.3, 0.4) is 0 Å². The van der Waals surface area contributed by atoms with E-state index in [9.17, 15) is 23.3 Å². The first kappa shape index (κ1) is 37.6.